The first-order valence-electron chi connectivity index (χ1n) is 6.49. The summed E-state index contributed by atoms with van der Waals surface area (Å²) in [5.74, 6) is 0.961. The van der Waals surface area contributed by atoms with Crippen molar-refractivity contribution < 1.29 is 0 Å². The predicted octanol–water partition coefficient (Wildman–Crippen LogP) is 2.13. The minimum atomic E-state index is 0.719. The van der Waals surface area contributed by atoms with Gasteiger partial charge in [-0.1, -0.05) is 6.07 Å². The van der Waals surface area contributed by atoms with Gasteiger partial charge in [0.1, 0.15) is 0 Å². The molecule has 0 amide bonds. The van der Waals surface area contributed by atoms with Crippen molar-refractivity contribution in [3.05, 3.63) is 35.3 Å². The molecule has 2 aromatic rings. The highest BCUT2D eigenvalue weighted by Gasteiger charge is 2.16. The third-order valence-corrected chi connectivity index (χ3v) is 3.15. The van der Waals surface area contributed by atoms with Crippen molar-refractivity contribution in [1.82, 2.24) is 14.8 Å². The molecule has 0 radical (unpaired) electrons. The number of rotatable bonds is 4. The number of nitrogen functional groups attached to an aromatic ring is 1. The van der Waals surface area contributed by atoms with Crippen molar-refractivity contribution >= 4 is 11.5 Å². The Balaban J connectivity index is 2.27. The second kappa shape index (κ2) is 5.30. The number of nitrogens with two attached hydrogens (primary N) is 1. The quantitative estimate of drug-likeness (QED) is 0.913. The maximum absolute atomic E-state index is 6.12. The normalized spacial score (nSPS) is 10.7. The van der Waals surface area contributed by atoms with E-state index >= 15 is 0 Å². The second-order valence-corrected chi connectivity index (χ2v) is 4.76. The van der Waals surface area contributed by atoms with Crippen LogP contribution >= 0.6 is 0 Å². The average Bonchev–Trinajstić information content (AvgIpc) is 2.65. The Bertz CT molecular complexity index is 573. The van der Waals surface area contributed by atoms with Crippen LogP contribution in [0, 0.1) is 13.8 Å². The number of hydrogen-bond donors (Lipinski definition) is 1. The Kier molecular flexibility index (Phi) is 3.74. The average molecular weight is 259 g/mol. The number of aromatic nitrogens is 3. The van der Waals surface area contributed by atoms with E-state index < -0.39 is 0 Å². The van der Waals surface area contributed by atoms with Crippen molar-refractivity contribution in [3.63, 3.8) is 0 Å². The first-order valence-corrected chi connectivity index (χ1v) is 6.49. The lowest BCUT2D eigenvalue weighted by atomic mass is 10.3. The SMILES string of the molecule is CCn1nc(C)c(N)c1N(C)Cc1cccc(C)n1. The fourth-order valence-corrected chi connectivity index (χ4v) is 2.21. The minimum Gasteiger partial charge on any atom is -0.394 e. The van der Waals surface area contributed by atoms with Crippen LogP contribution in [-0.2, 0) is 13.1 Å². The molecule has 19 heavy (non-hydrogen) atoms. The van der Waals surface area contributed by atoms with E-state index in [0.717, 1.165) is 41.7 Å². The topological polar surface area (TPSA) is 60.0 Å². The van der Waals surface area contributed by atoms with E-state index in [1.807, 2.05) is 43.8 Å². The lowest BCUT2D eigenvalue weighted by Gasteiger charge is -2.20. The molecule has 0 fully saturated rings. The van der Waals surface area contributed by atoms with E-state index in [9.17, 15) is 0 Å². The van der Waals surface area contributed by atoms with Gasteiger partial charge in [-0.15, -0.1) is 0 Å². The number of anilines is 2. The van der Waals surface area contributed by atoms with Crippen LogP contribution < -0.4 is 10.6 Å². The molecule has 0 saturated heterocycles. The summed E-state index contributed by atoms with van der Waals surface area (Å²) in [5, 5.41) is 4.44. The molecule has 2 N–H and O–H groups in total. The minimum absolute atomic E-state index is 0.719. The summed E-state index contributed by atoms with van der Waals surface area (Å²) in [6, 6.07) is 6.05. The van der Waals surface area contributed by atoms with Gasteiger partial charge < -0.3 is 10.6 Å². The molecular weight excluding hydrogens is 238 g/mol. The molecule has 0 spiro atoms. The molecule has 0 aliphatic rings. The fraction of sp³-hybridized carbons (Fsp3) is 0.429. The smallest absolute Gasteiger partial charge is 0.150 e. The highest BCUT2D eigenvalue weighted by Crippen LogP contribution is 2.26. The maximum Gasteiger partial charge on any atom is 0.150 e. The standard InChI is InChI=1S/C14H21N5/c1-5-19-14(13(15)11(3)17-19)18(4)9-12-8-6-7-10(2)16-12/h6-8H,5,9,15H2,1-4H3. The number of nitrogens with zero attached hydrogens (tertiary/aromatic N) is 4. The molecule has 5 heteroatoms. The van der Waals surface area contributed by atoms with Crippen LogP contribution in [-0.4, -0.2) is 21.8 Å². The van der Waals surface area contributed by atoms with Gasteiger partial charge in [0.15, 0.2) is 5.82 Å². The molecule has 0 saturated carbocycles. The molecule has 0 aliphatic heterocycles. The van der Waals surface area contributed by atoms with Crippen molar-refractivity contribution in [2.24, 2.45) is 0 Å². The van der Waals surface area contributed by atoms with Crippen LogP contribution in [0.1, 0.15) is 24.0 Å². The van der Waals surface area contributed by atoms with Crippen molar-refractivity contribution in [1.29, 1.82) is 0 Å². The first-order chi connectivity index (χ1) is 9.02. The summed E-state index contributed by atoms with van der Waals surface area (Å²) in [6.07, 6.45) is 0. The highest BCUT2D eigenvalue weighted by molar-refractivity contribution is 5.65. The zero-order chi connectivity index (χ0) is 14.0. The molecule has 0 aliphatic carbocycles. The molecule has 2 rings (SSSR count). The van der Waals surface area contributed by atoms with Gasteiger partial charge in [-0.05, 0) is 32.9 Å². The van der Waals surface area contributed by atoms with Gasteiger partial charge in [0.05, 0.1) is 23.6 Å². The summed E-state index contributed by atoms with van der Waals surface area (Å²) in [5.41, 5.74) is 9.80. The Labute approximate surface area is 114 Å². The highest BCUT2D eigenvalue weighted by atomic mass is 15.4. The van der Waals surface area contributed by atoms with Gasteiger partial charge in [0.2, 0.25) is 0 Å². The van der Waals surface area contributed by atoms with Gasteiger partial charge in [-0.25, -0.2) is 4.68 Å². The zero-order valence-electron chi connectivity index (χ0n) is 12.0. The van der Waals surface area contributed by atoms with Gasteiger partial charge in [0.25, 0.3) is 0 Å². The van der Waals surface area contributed by atoms with Crippen LogP contribution in [0.15, 0.2) is 18.2 Å². The van der Waals surface area contributed by atoms with Crippen LogP contribution in [0.25, 0.3) is 0 Å². The van der Waals surface area contributed by atoms with E-state index in [4.69, 9.17) is 5.73 Å². The molecule has 2 aromatic heterocycles. The Morgan fingerprint density at radius 1 is 1.32 bits per heavy atom. The lowest BCUT2D eigenvalue weighted by molar-refractivity contribution is 0.639. The summed E-state index contributed by atoms with van der Waals surface area (Å²) in [4.78, 5) is 6.62. The Hall–Kier alpha value is -2.04. The van der Waals surface area contributed by atoms with Crippen molar-refractivity contribution in [2.75, 3.05) is 17.7 Å². The van der Waals surface area contributed by atoms with E-state index in [-0.39, 0.29) is 0 Å². The predicted molar refractivity (Wildman–Crippen MR) is 78.1 cm³/mol. The molecule has 0 bridgehead atoms. The monoisotopic (exact) mass is 259 g/mol. The first kappa shape index (κ1) is 13.4. The summed E-state index contributed by atoms with van der Waals surface area (Å²) < 4.78 is 1.93. The van der Waals surface area contributed by atoms with E-state index in [1.165, 1.54) is 0 Å². The van der Waals surface area contributed by atoms with Crippen molar-refractivity contribution in [3.8, 4) is 0 Å². The number of pyridine rings is 1. The van der Waals surface area contributed by atoms with Gasteiger partial charge in [-0.3, -0.25) is 4.98 Å². The fourth-order valence-electron chi connectivity index (χ4n) is 2.21. The van der Waals surface area contributed by atoms with Gasteiger partial charge in [-0.2, -0.15) is 5.10 Å². The Morgan fingerprint density at radius 2 is 2.05 bits per heavy atom. The molecule has 0 aromatic carbocycles. The Morgan fingerprint density at radius 3 is 2.68 bits per heavy atom. The van der Waals surface area contributed by atoms with Crippen LogP contribution in [0.3, 0.4) is 0 Å². The molecule has 0 atom stereocenters. The largest absolute Gasteiger partial charge is 0.394 e. The molecule has 102 valence electrons. The maximum atomic E-state index is 6.12. The lowest BCUT2D eigenvalue weighted by Crippen LogP contribution is -2.22. The number of hydrogen-bond acceptors (Lipinski definition) is 4. The van der Waals surface area contributed by atoms with E-state index in [0.29, 0.717) is 0 Å². The van der Waals surface area contributed by atoms with Crippen molar-refractivity contribution in [2.45, 2.75) is 33.9 Å². The molecule has 0 unspecified atom stereocenters. The third kappa shape index (κ3) is 2.70. The molecular formula is C14H21N5. The summed E-state index contributed by atoms with van der Waals surface area (Å²) in [6.45, 7) is 7.52. The molecule has 5 nitrogen and oxygen atoms in total. The van der Waals surface area contributed by atoms with Gasteiger partial charge in [0, 0.05) is 19.3 Å². The summed E-state index contributed by atoms with van der Waals surface area (Å²) >= 11 is 0. The van der Waals surface area contributed by atoms with Crippen LogP contribution in [0.2, 0.25) is 0 Å². The summed E-state index contributed by atoms with van der Waals surface area (Å²) in [7, 11) is 2.02. The third-order valence-electron chi connectivity index (χ3n) is 3.15. The number of aryl methyl sites for hydroxylation is 3. The molecule has 2 heterocycles. The van der Waals surface area contributed by atoms with E-state index in [2.05, 4.69) is 21.9 Å². The van der Waals surface area contributed by atoms with Crippen LogP contribution in [0.4, 0.5) is 11.5 Å². The zero-order valence-corrected chi connectivity index (χ0v) is 12.0. The van der Waals surface area contributed by atoms with Crippen LogP contribution in [0.5, 0.6) is 0 Å². The second-order valence-electron chi connectivity index (χ2n) is 4.76. The van der Waals surface area contributed by atoms with Gasteiger partial charge >= 0.3 is 0 Å². The van der Waals surface area contributed by atoms with E-state index in [1.54, 1.807) is 0 Å².